The Balaban J connectivity index is 2.37. The van der Waals surface area contributed by atoms with Gasteiger partial charge >= 0.3 is 0 Å². The summed E-state index contributed by atoms with van der Waals surface area (Å²) in [6.45, 7) is 8.13. The Bertz CT molecular complexity index is 1250. The zero-order valence-electron chi connectivity index (χ0n) is 21.2. The molecule has 0 bridgehead atoms. The van der Waals surface area contributed by atoms with E-state index in [9.17, 15) is 8.42 Å². The zero-order valence-corrected chi connectivity index (χ0v) is 23.0. The van der Waals surface area contributed by atoms with Gasteiger partial charge in [0.1, 0.15) is 22.9 Å². The molecule has 0 aliphatic rings. The van der Waals surface area contributed by atoms with E-state index in [-0.39, 0.29) is 5.75 Å². The fraction of sp³-hybridized carbons (Fsp3) is 0.435. The second-order valence-electron chi connectivity index (χ2n) is 9.13. The molecule has 190 valence electrons. The minimum atomic E-state index is -3.54. The van der Waals surface area contributed by atoms with Crippen LogP contribution in [0.2, 0.25) is 25.7 Å². The van der Waals surface area contributed by atoms with Crippen molar-refractivity contribution in [2.75, 3.05) is 27.1 Å². The number of ether oxygens (including phenoxy) is 3. The molecule has 1 unspecified atom stereocenters. The van der Waals surface area contributed by atoms with Gasteiger partial charge in [-0.15, -0.1) is 10.2 Å². The van der Waals surface area contributed by atoms with Gasteiger partial charge in [-0.2, -0.15) is 0 Å². The van der Waals surface area contributed by atoms with Gasteiger partial charge in [-0.25, -0.2) is 18.1 Å². The fourth-order valence-corrected chi connectivity index (χ4v) is 6.16. The monoisotopic (exact) mass is 519 g/mol. The fourth-order valence-electron chi connectivity index (χ4n) is 3.71. The lowest BCUT2D eigenvalue weighted by Gasteiger charge is -2.26. The van der Waals surface area contributed by atoms with Crippen LogP contribution in [0.4, 0.5) is 0 Å². The van der Waals surface area contributed by atoms with Crippen molar-refractivity contribution in [2.45, 2.75) is 38.7 Å². The van der Waals surface area contributed by atoms with Crippen molar-refractivity contribution in [1.82, 2.24) is 24.5 Å². The third kappa shape index (κ3) is 6.19. The lowest BCUT2D eigenvalue weighted by Crippen LogP contribution is -2.36. The molecular formula is C23H33N5O5SSi. The predicted octanol–water partition coefficient (Wildman–Crippen LogP) is 3.67. The van der Waals surface area contributed by atoms with Gasteiger partial charge in [0.25, 0.3) is 0 Å². The highest BCUT2D eigenvalue weighted by molar-refractivity contribution is 7.89. The molecule has 2 heterocycles. The first-order valence-electron chi connectivity index (χ1n) is 11.2. The Labute approximate surface area is 207 Å². The molecule has 0 saturated carbocycles. The van der Waals surface area contributed by atoms with Crippen LogP contribution in [-0.2, 0) is 10.0 Å². The molecule has 0 aliphatic heterocycles. The molecule has 0 fully saturated rings. The molecule has 12 heteroatoms. The Morgan fingerprint density at radius 3 is 2.14 bits per heavy atom. The van der Waals surface area contributed by atoms with Crippen LogP contribution in [0.15, 0.2) is 36.4 Å². The van der Waals surface area contributed by atoms with Gasteiger partial charge in [-0.3, -0.25) is 4.57 Å². The first kappa shape index (κ1) is 26.6. The van der Waals surface area contributed by atoms with Crippen LogP contribution in [0.25, 0.3) is 17.2 Å². The Hall–Kier alpha value is -2.96. The van der Waals surface area contributed by atoms with Gasteiger partial charge in [0.2, 0.25) is 15.9 Å². The summed E-state index contributed by atoms with van der Waals surface area (Å²) in [7, 11) is -0.659. The quantitative estimate of drug-likeness (QED) is 0.381. The van der Waals surface area contributed by atoms with Gasteiger partial charge in [-0.1, -0.05) is 31.8 Å². The number of pyridine rings is 1. The van der Waals surface area contributed by atoms with E-state index in [1.807, 2.05) is 6.07 Å². The summed E-state index contributed by atoms with van der Waals surface area (Å²) in [6.07, 6.45) is 0. The molecule has 0 radical (unpaired) electrons. The van der Waals surface area contributed by atoms with Crippen LogP contribution in [0.3, 0.4) is 0 Å². The van der Waals surface area contributed by atoms with E-state index in [0.29, 0.717) is 46.5 Å². The molecule has 0 spiro atoms. The highest BCUT2D eigenvalue weighted by Gasteiger charge is 2.33. The van der Waals surface area contributed by atoms with E-state index in [4.69, 9.17) is 14.2 Å². The number of nitrogens with one attached hydrogen (secondary N) is 1. The number of hydrogen-bond acceptors (Lipinski definition) is 8. The summed E-state index contributed by atoms with van der Waals surface area (Å²) in [6, 6.07) is 10.7. The molecule has 1 atom stereocenters. The lowest BCUT2D eigenvalue weighted by atomic mass is 10.2. The van der Waals surface area contributed by atoms with Crippen LogP contribution in [0, 0.1) is 0 Å². The number of aromatic nitrogens is 4. The number of sulfonamides is 1. The topological polar surface area (TPSA) is 117 Å². The van der Waals surface area contributed by atoms with Crippen LogP contribution < -0.4 is 18.9 Å². The maximum absolute atomic E-state index is 12.7. The summed E-state index contributed by atoms with van der Waals surface area (Å²) in [5, 5.41) is 8.95. The maximum atomic E-state index is 12.7. The number of nitrogens with zero attached hydrogens (tertiary/aromatic N) is 4. The molecule has 0 aliphatic carbocycles. The van der Waals surface area contributed by atoms with E-state index < -0.39 is 24.1 Å². The van der Waals surface area contributed by atoms with Crippen molar-refractivity contribution in [3.63, 3.8) is 0 Å². The number of rotatable bonds is 11. The highest BCUT2D eigenvalue weighted by atomic mass is 32.2. The Morgan fingerprint density at radius 2 is 1.60 bits per heavy atom. The molecular weight excluding hydrogens is 486 g/mol. The number of benzene rings is 1. The number of methoxy groups -OCH3 is 3. The lowest BCUT2D eigenvalue weighted by molar-refractivity contribution is 0.390. The van der Waals surface area contributed by atoms with Crippen molar-refractivity contribution in [3.8, 4) is 34.6 Å². The maximum Gasteiger partial charge on any atom is 0.213 e. The van der Waals surface area contributed by atoms with E-state index in [0.717, 1.165) is 0 Å². The first-order chi connectivity index (χ1) is 16.5. The van der Waals surface area contributed by atoms with E-state index >= 15 is 0 Å². The summed E-state index contributed by atoms with van der Waals surface area (Å²) in [5.41, 5.74) is 1.05. The second kappa shape index (κ2) is 10.8. The van der Waals surface area contributed by atoms with Gasteiger partial charge in [0.05, 0.1) is 33.1 Å². The minimum absolute atomic E-state index is 0.0500. The highest BCUT2D eigenvalue weighted by Crippen LogP contribution is 2.38. The van der Waals surface area contributed by atoms with Crippen LogP contribution in [0.5, 0.6) is 17.4 Å². The van der Waals surface area contributed by atoms with Crippen molar-refractivity contribution >= 4 is 18.1 Å². The largest absolute Gasteiger partial charge is 0.494 e. The average molecular weight is 520 g/mol. The molecule has 1 N–H and O–H groups in total. The van der Waals surface area contributed by atoms with Crippen LogP contribution >= 0.6 is 0 Å². The van der Waals surface area contributed by atoms with Gasteiger partial charge in [-0.05, 0) is 31.2 Å². The Kier molecular flexibility index (Phi) is 8.18. The van der Waals surface area contributed by atoms with Gasteiger partial charge in [0, 0.05) is 14.1 Å². The summed E-state index contributed by atoms with van der Waals surface area (Å²) in [4.78, 5) is 4.54. The number of hydrogen-bond donors (Lipinski definition) is 1. The third-order valence-electron chi connectivity index (χ3n) is 5.31. The molecule has 3 rings (SSSR count). The zero-order chi connectivity index (χ0) is 25.8. The smallest absolute Gasteiger partial charge is 0.213 e. The van der Waals surface area contributed by atoms with Crippen molar-refractivity contribution in [1.29, 1.82) is 0 Å². The molecule has 0 amide bonds. The van der Waals surface area contributed by atoms with Gasteiger partial charge < -0.3 is 14.2 Å². The van der Waals surface area contributed by atoms with Crippen molar-refractivity contribution in [3.05, 3.63) is 42.2 Å². The molecule has 2 aromatic heterocycles. The molecule has 3 aromatic rings. The Morgan fingerprint density at radius 1 is 0.971 bits per heavy atom. The van der Waals surface area contributed by atoms with Crippen LogP contribution in [-0.4, -0.2) is 63.3 Å². The number of para-hydroxylation sites is 1. The molecule has 35 heavy (non-hydrogen) atoms. The van der Waals surface area contributed by atoms with Gasteiger partial charge in [0.15, 0.2) is 11.6 Å². The van der Waals surface area contributed by atoms with E-state index in [2.05, 4.69) is 39.5 Å². The van der Waals surface area contributed by atoms with E-state index in [1.54, 1.807) is 56.0 Å². The molecule has 1 aromatic carbocycles. The molecule has 10 nitrogen and oxygen atoms in total. The van der Waals surface area contributed by atoms with E-state index in [1.165, 1.54) is 7.11 Å². The average Bonchev–Trinajstić information content (AvgIpc) is 3.26. The third-order valence-corrected chi connectivity index (χ3v) is 8.34. The summed E-state index contributed by atoms with van der Waals surface area (Å²) >= 11 is 0. The second-order valence-corrected chi connectivity index (χ2v) is 16.7. The predicted molar refractivity (Wildman–Crippen MR) is 138 cm³/mol. The van der Waals surface area contributed by atoms with Crippen LogP contribution in [0.1, 0.15) is 18.8 Å². The normalized spacial score (nSPS) is 12.9. The van der Waals surface area contributed by atoms with Crippen molar-refractivity contribution in [2.24, 2.45) is 0 Å². The minimum Gasteiger partial charge on any atom is -0.494 e. The SMILES string of the molecule is CCS(=O)(=O)NC(C[Si](C)(C)C)c1nnc(-c2cccc(OC)n2)n1-c1c(OC)cccc1OC. The summed E-state index contributed by atoms with van der Waals surface area (Å²) < 4.78 is 46.7. The summed E-state index contributed by atoms with van der Waals surface area (Å²) in [5.74, 6) is 2.21. The standard InChI is InChI=1S/C23H33N5O5SSi/c1-8-34(29,30)27-17(15-35(5,6)7)23-26-25-22(16-11-9-14-20(24-16)33-4)28(23)21-18(31-2)12-10-13-19(21)32-3/h9-14,17,27H,8,15H2,1-7H3. The first-order valence-corrected chi connectivity index (χ1v) is 16.6. The van der Waals surface area contributed by atoms with Crippen molar-refractivity contribution < 1.29 is 22.6 Å². The molecule has 0 saturated heterocycles.